The number of hydrogen-bond donors (Lipinski definition) is 0. The maximum Gasteiger partial charge on any atom is 0.308 e. The summed E-state index contributed by atoms with van der Waals surface area (Å²) in [5.41, 5.74) is 0. The highest BCUT2D eigenvalue weighted by molar-refractivity contribution is 5.69. The Morgan fingerprint density at radius 1 is 1.80 bits per heavy atom. The fourth-order valence-electron chi connectivity index (χ4n) is 0.450. The Balaban J connectivity index is 3.80. The van der Waals surface area contributed by atoms with E-state index in [-0.39, 0.29) is 0 Å². The Hall–Kier alpha value is -0.570. The van der Waals surface area contributed by atoms with Gasteiger partial charge in [0.2, 0.25) is 0 Å². The minimum Gasteiger partial charge on any atom is -0.466 e. The molecule has 0 bridgehead atoms. The Labute approximate surface area is 62.7 Å². The van der Waals surface area contributed by atoms with Crippen molar-refractivity contribution in [1.82, 2.24) is 0 Å². The largest absolute Gasteiger partial charge is 0.466 e. The molecule has 3 heteroatoms. The van der Waals surface area contributed by atoms with Gasteiger partial charge in [-0.1, -0.05) is 0 Å². The van der Waals surface area contributed by atoms with Gasteiger partial charge in [-0.05, 0) is 13.8 Å². The molecule has 0 spiro atoms. The smallest absolute Gasteiger partial charge is 0.308 e. The van der Waals surface area contributed by atoms with E-state index in [1.165, 1.54) is 7.11 Å². The molecule has 0 aliphatic heterocycles. The Kier molecular flexibility index (Phi) is 3.94. The molecule has 0 rings (SSSR count). The van der Waals surface area contributed by atoms with Gasteiger partial charge in [0, 0.05) is 8.48 Å². The Morgan fingerprint density at radius 2 is 2.40 bits per heavy atom. The topological polar surface area (TPSA) is 35.5 Å². The molecule has 0 aliphatic rings. The third kappa shape index (κ3) is 4.32. The van der Waals surface area contributed by atoms with Crippen LogP contribution in [0.2, 0.25) is 0 Å². The third-order valence-corrected chi connectivity index (χ3v) is 1.03. The fourth-order valence-corrected chi connectivity index (χ4v) is 0.450. The molecule has 0 aromatic heterocycles. The highest BCUT2D eigenvalue weighted by atomic mass is 16.5. The van der Waals surface area contributed by atoms with Crippen LogP contribution >= 0.6 is 0 Å². The van der Waals surface area contributed by atoms with Gasteiger partial charge in [0.25, 0.3) is 0 Å². The summed E-state index contributed by atoms with van der Waals surface area (Å²) in [6, 6.07) is 0. The predicted molar refractivity (Wildman–Crippen MR) is 37.7 cm³/mol. The first-order chi connectivity index (χ1) is 5.13. The molecule has 0 saturated carbocycles. The summed E-state index contributed by atoms with van der Waals surface area (Å²) in [6.07, 6.45) is -1.34. The van der Waals surface area contributed by atoms with Gasteiger partial charge in [-0.15, -0.1) is 0 Å². The molecule has 0 saturated heterocycles. The lowest BCUT2D eigenvalue weighted by atomic mass is 10.3. The zero-order valence-electron chi connectivity index (χ0n) is 7.59. The number of carbonyl (C=O) groups excluding carboxylic acids is 1. The summed E-state index contributed by atoms with van der Waals surface area (Å²) >= 11 is 0. The number of hydrogen-bond acceptors (Lipinski definition) is 3. The van der Waals surface area contributed by atoms with Gasteiger partial charge in [-0.25, -0.2) is 0 Å². The van der Waals surface area contributed by atoms with Crippen LogP contribution in [0.4, 0.5) is 0 Å². The zero-order valence-corrected chi connectivity index (χ0v) is 6.59. The number of methoxy groups -OCH3 is 1. The van der Waals surface area contributed by atoms with E-state index in [0.29, 0.717) is 6.61 Å². The first kappa shape index (κ1) is 7.54. The van der Waals surface area contributed by atoms with Crippen molar-refractivity contribution in [2.75, 3.05) is 13.7 Å². The van der Waals surface area contributed by atoms with Gasteiger partial charge in [0.1, 0.15) is 0 Å². The molecule has 2 unspecified atom stereocenters. The highest BCUT2D eigenvalue weighted by Gasteiger charge is 2.07. The van der Waals surface area contributed by atoms with Crippen LogP contribution in [-0.4, -0.2) is 25.8 Å². The normalized spacial score (nSPS) is 17.3. The predicted octanol–water partition coefficient (Wildman–Crippen LogP) is 0.975. The molecule has 10 heavy (non-hydrogen) atoms. The molecule has 0 aromatic rings. The summed E-state index contributed by atoms with van der Waals surface area (Å²) < 4.78 is 16.7. The number of ether oxygens (including phenoxy) is 2. The maximum absolute atomic E-state index is 10.9. The van der Waals surface area contributed by atoms with Crippen LogP contribution in [0.3, 0.4) is 0 Å². The summed E-state index contributed by atoms with van der Waals surface area (Å²) in [6.45, 7) is 3.68. The van der Waals surface area contributed by atoms with E-state index < -0.39 is 18.5 Å². The minimum atomic E-state index is -0.931. The molecule has 0 N–H and O–H groups in total. The number of esters is 1. The molecule has 3 nitrogen and oxygen atoms in total. The molecular formula is C7H14O3. The van der Waals surface area contributed by atoms with E-state index in [1.54, 1.807) is 13.8 Å². The van der Waals surface area contributed by atoms with Crippen molar-refractivity contribution in [3.63, 3.8) is 0 Å². The van der Waals surface area contributed by atoms with Crippen molar-refractivity contribution in [2.45, 2.75) is 26.3 Å². The Bertz CT molecular complexity index is 127. The van der Waals surface area contributed by atoms with Crippen molar-refractivity contribution in [2.24, 2.45) is 0 Å². The van der Waals surface area contributed by atoms with Crippen LogP contribution in [0.1, 0.15) is 21.6 Å². The van der Waals surface area contributed by atoms with E-state index in [4.69, 9.17) is 6.11 Å². The summed E-state index contributed by atoms with van der Waals surface area (Å²) in [7, 11) is 1.46. The van der Waals surface area contributed by atoms with Gasteiger partial charge < -0.3 is 9.47 Å². The monoisotopic (exact) mass is 147 g/mol. The molecule has 0 radical (unpaired) electrons. The van der Waals surface area contributed by atoms with Crippen LogP contribution in [0.25, 0.3) is 0 Å². The van der Waals surface area contributed by atoms with Crippen LogP contribution in [0, 0.1) is 0 Å². The van der Waals surface area contributed by atoms with Gasteiger partial charge in [-0.2, -0.15) is 0 Å². The summed E-state index contributed by atoms with van der Waals surface area (Å²) in [5, 5.41) is 0. The molecule has 0 aromatic carbocycles. The lowest BCUT2D eigenvalue weighted by Gasteiger charge is -2.07. The van der Waals surface area contributed by atoms with E-state index in [9.17, 15) is 4.79 Å². The van der Waals surface area contributed by atoms with Crippen LogP contribution in [0.15, 0.2) is 0 Å². The molecule has 0 aliphatic carbocycles. The van der Waals surface area contributed by atoms with Crippen molar-refractivity contribution in [3.05, 3.63) is 0 Å². The van der Waals surface area contributed by atoms with Crippen LogP contribution in [0.5, 0.6) is 0 Å². The zero-order chi connectivity index (χ0) is 8.85. The van der Waals surface area contributed by atoms with Gasteiger partial charge in [0.05, 0.1) is 19.1 Å². The van der Waals surface area contributed by atoms with Crippen molar-refractivity contribution in [1.29, 1.82) is 0 Å². The lowest BCUT2D eigenvalue weighted by Crippen LogP contribution is -2.14. The summed E-state index contributed by atoms with van der Waals surface area (Å²) in [5.74, 6) is -0.526. The van der Waals surface area contributed by atoms with Gasteiger partial charge >= 0.3 is 5.97 Å². The third-order valence-electron chi connectivity index (χ3n) is 1.03. The quantitative estimate of drug-likeness (QED) is 0.556. The number of rotatable bonds is 4. The maximum atomic E-state index is 10.9. The Morgan fingerprint density at radius 3 is 2.80 bits per heavy atom. The second-order valence-electron chi connectivity index (χ2n) is 1.86. The van der Waals surface area contributed by atoms with Crippen LogP contribution in [-0.2, 0) is 14.3 Å². The molecule has 0 fully saturated rings. The van der Waals surface area contributed by atoms with Gasteiger partial charge in [0.15, 0.2) is 0 Å². The average Bonchev–Trinajstić information content (AvgIpc) is 2.02. The second kappa shape index (κ2) is 5.23. The van der Waals surface area contributed by atoms with E-state index in [2.05, 4.69) is 4.74 Å². The minimum absolute atomic E-state index is 0.310. The fraction of sp³-hybridized carbons (Fsp3) is 0.857. The first-order valence-electron chi connectivity index (χ1n) is 3.82. The van der Waals surface area contributed by atoms with E-state index in [0.717, 1.165) is 0 Å². The highest BCUT2D eigenvalue weighted by Crippen LogP contribution is 1.96. The van der Waals surface area contributed by atoms with Crippen molar-refractivity contribution >= 4 is 5.97 Å². The molecule has 0 amide bonds. The lowest BCUT2D eigenvalue weighted by molar-refractivity contribution is -0.145. The van der Waals surface area contributed by atoms with Crippen LogP contribution < -0.4 is 0 Å². The van der Waals surface area contributed by atoms with E-state index >= 15 is 0 Å². The molecular weight excluding hydrogens is 132 g/mol. The molecule has 60 valence electrons. The SMILES string of the molecule is [2H]C(C(=O)OCC)C(C)OC. The van der Waals surface area contributed by atoms with Gasteiger partial charge in [-0.3, -0.25) is 4.79 Å². The van der Waals surface area contributed by atoms with E-state index in [1.807, 2.05) is 0 Å². The molecule has 2 atom stereocenters. The average molecular weight is 147 g/mol. The first-order valence-corrected chi connectivity index (χ1v) is 3.25. The second-order valence-corrected chi connectivity index (χ2v) is 1.86. The molecule has 0 heterocycles. The standard InChI is InChI=1S/C7H14O3/c1-4-10-7(8)5-6(2)9-3/h6H,4-5H2,1-3H3/i5D. The number of carbonyl (C=O) groups is 1. The van der Waals surface area contributed by atoms with Crippen molar-refractivity contribution in [3.8, 4) is 0 Å². The van der Waals surface area contributed by atoms with Crippen molar-refractivity contribution < 1.29 is 15.6 Å². The summed E-state index contributed by atoms with van der Waals surface area (Å²) in [4.78, 5) is 10.9.